The first-order valence-corrected chi connectivity index (χ1v) is 10.1. The molecule has 2 N–H and O–H groups in total. The molecule has 0 amide bonds. The molecule has 5 aromatic rings. The lowest BCUT2D eigenvalue weighted by molar-refractivity contribution is 0.628. The molecule has 0 radical (unpaired) electrons. The van der Waals surface area contributed by atoms with Crippen molar-refractivity contribution in [3.05, 3.63) is 72.4 Å². The van der Waals surface area contributed by atoms with Crippen LogP contribution in [0, 0.1) is 5.82 Å². The van der Waals surface area contributed by atoms with Gasteiger partial charge < -0.3 is 4.98 Å². The lowest BCUT2D eigenvalue weighted by atomic mass is 9.99. The number of pyridine rings is 1. The summed E-state index contributed by atoms with van der Waals surface area (Å²) in [5.74, 6) is 0.384. The SMILES string of the molecule is Fc1ccc(-c2cncc3[nH]c(-c4n[nH]c5ccc(C6=CN=CCC6)cc45)nc23)cc1. The van der Waals surface area contributed by atoms with Crippen molar-refractivity contribution in [2.75, 3.05) is 0 Å². The Morgan fingerprint density at radius 3 is 2.65 bits per heavy atom. The van der Waals surface area contributed by atoms with Crippen LogP contribution in [-0.2, 0) is 0 Å². The van der Waals surface area contributed by atoms with Crippen LogP contribution in [0.25, 0.3) is 50.2 Å². The number of allylic oxidation sites excluding steroid dienone is 1. The predicted molar refractivity (Wildman–Crippen MR) is 120 cm³/mol. The Morgan fingerprint density at radius 1 is 0.935 bits per heavy atom. The van der Waals surface area contributed by atoms with E-state index in [1.807, 2.05) is 18.5 Å². The fourth-order valence-electron chi connectivity index (χ4n) is 4.00. The zero-order chi connectivity index (χ0) is 20.8. The predicted octanol–water partition coefficient (Wildman–Crippen LogP) is 5.51. The molecule has 0 aliphatic carbocycles. The number of nitrogens with one attached hydrogen (secondary N) is 2. The van der Waals surface area contributed by atoms with Crippen LogP contribution in [0.15, 0.2) is 66.1 Å². The van der Waals surface area contributed by atoms with E-state index >= 15 is 0 Å². The van der Waals surface area contributed by atoms with Crippen molar-refractivity contribution in [1.82, 2.24) is 25.1 Å². The van der Waals surface area contributed by atoms with Crippen molar-refractivity contribution in [2.45, 2.75) is 12.8 Å². The number of aromatic amines is 2. The number of hydrogen-bond acceptors (Lipinski definition) is 4. The third kappa shape index (κ3) is 3.02. The van der Waals surface area contributed by atoms with E-state index in [4.69, 9.17) is 4.98 Å². The normalized spacial score (nSPS) is 13.8. The molecule has 6 rings (SSSR count). The fourth-order valence-corrected chi connectivity index (χ4v) is 4.00. The minimum Gasteiger partial charge on any atom is -0.335 e. The van der Waals surface area contributed by atoms with Crippen molar-refractivity contribution in [1.29, 1.82) is 0 Å². The zero-order valence-electron chi connectivity index (χ0n) is 16.4. The quantitative estimate of drug-likeness (QED) is 0.413. The Morgan fingerprint density at radius 2 is 1.81 bits per heavy atom. The number of hydrogen-bond donors (Lipinski definition) is 2. The first kappa shape index (κ1) is 17.7. The Balaban J connectivity index is 1.49. The fraction of sp³-hybridized carbons (Fsp3) is 0.0833. The second-order valence-corrected chi connectivity index (χ2v) is 7.53. The van der Waals surface area contributed by atoms with Crippen molar-refractivity contribution < 1.29 is 4.39 Å². The van der Waals surface area contributed by atoms with Crippen LogP contribution in [0.3, 0.4) is 0 Å². The van der Waals surface area contributed by atoms with Gasteiger partial charge >= 0.3 is 0 Å². The van der Waals surface area contributed by atoms with Crippen molar-refractivity contribution >= 4 is 33.7 Å². The molecule has 3 aromatic heterocycles. The van der Waals surface area contributed by atoms with E-state index in [1.165, 1.54) is 17.7 Å². The topological polar surface area (TPSA) is 82.6 Å². The van der Waals surface area contributed by atoms with Crippen LogP contribution >= 0.6 is 0 Å². The highest BCUT2D eigenvalue weighted by molar-refractivity contribution is 5.97. The van der Waals surface area contributed by atoms with Crippen molar-refractivity contribution in [3.63, 3.8) is 0 Å². The van der Waals surface area contributed by atoms with E-state index in [0.717, 1.165) is 57.2 Å². The number of aromatic nitrogens is 5. The molecule has 0 unspecified atom stereocenters. The third-order valence-electron chi connectivity index (χ3n) is 5.59. The summed E-state index contributed by atoms with van der Waals surface area (Å²) in [7, 11) is 0. The minimum absolute atomic E-state index is 0.274. The van der Waals surface area contributed by atoms with Gasteiger partial charge in [0.15, 0.2) is 5.82 Å². The molecule has 31 heavy (non-hydrogen) atoms. The average Bonchev–Trinajstić information content (AvgIpc) is 3.43. The number of benzene rings is 2. The van der Waals surface area contributed by atoms with E-state index in [2.05, 4.69) is 37.3 Å². The summed E-state index contributed by atoms with van der Waals surface area (Å²) in [6.07, 6.45) is 9.27. The van der Waals surface area contributed by atoms with Gasteiger partial charge in [-0.25, -0.2) is 9.37 Å². The van der Waals surface area contributed by atoms with Crippen LogP contribution in [0.5, 0.6) is 0 Å². The Labute approximate surface area is 176 Å². The van der Waals surface area contributed by atoms with E-state index in [0.29, 0.717) is 5.82 Å². The molecule has 4 heterocycles. The molecule has 0 bridgehead atoms. The number of fused-ring (bicyclic) bond motifs is 2. The molecule has 150 valence electrons. The summed E-state index contributed by atoms with van der Waals surface area (Å²) in [5.41, 5.74) is 7.30. The van der Waals surface area contributed by atoms with Crippen LogP contribution < -0.4 is 0 Å². The molecule has 2 aromatic carbocycles. The molecule has 1 aliphatic heterocycles. The molecule has 6 nitrogen and oxygen atoms in total. The lowest BCUT2D eigenvalue weighted by Crippen LogP contribution is -1.90. The Bertz CT molecular complexity index is 1490. The number of imidazole rings is 1. The van der Waals surface area contributed by atoms with Gasteiger partial charge in [0.25, 0.3) is 0 Å². The smallest absolute Gasteiger partial charge is 0.159 e. The average molecular weight is 408 g/mol. The molecule has 0 saturated carbocycles. The largest absolute Gasteiger partial charge is 0.335 e. The highest BCUT2D eigenvalue weighted by Crippen LogP contribution is 2.32. The number of aliphatic imine (C=N–C) groups is 1. The molecular formula is C24H17FN6. The summed E-state index contributed by atoms with van der Waals surface area (Å²) in [6, 6.07) is 12.6. The summed E-state index contributed by atoms with van der Waals surface area (Å²) < 4.78 is 13.4. The van der Waals surface area contributed by atoms with Gasteiger partial charge in [-0.15, -0.1) is 0 Å². The summed E-state index contributed by atoms with van der Waals surface area (Å²) in [6.45, 7) is 0. The highest BCUT2D eigenvalue weighted by Gasteiger charge is 2.16. The molecule has 0 saturated heterocycles. The van der Waals surface area contributed by atoms with Crippen LogP contribution in [0.1, 0.15) is 18.4 Å². The molecular weight excluding hydrogens is 391 g/mol. The van der Waals surface area contributed by atoms with Gasteiger partial charge in [0, 0.05) is 29.6 Å². The maximum absolute atomic E-state index is 13.4. The maximum atomic E-state index is 13.4. The standard InChI is InChI=1S/C24H17FN6/c25-17-6-3-14(4-7-17)19-12-27-13-21-22(19)29-24(28-21)23-18-10-15(5-8-20(18)30-31-23)16-2-1-9-26-11-16/h3-13H,1-2H2,(H,28,29)(H,30,31). The van der Waals surface area contributed by atoms with Gasteiger partial charge in [0.1, 0.15) is 11.5 Å². The molecule has 0 fully saturated rings. The van der Waals surface area contributed by atoms with Gasteiger partial charge in [-0.3, -0.25) is 15.1 Å². The number of rotatable bonds is 3. The number of H-pyrrole nitrogens is 2. The summed E-state index contributed by atoms with van der Waals surface area (Å²) >= 11 is 0. The maximum Gasteiger partial charge on any atom is 0.159 e. The van der Waals surface area contributed by atoms with E-state index < -0.39 is 0 Å². The molecule has 0 atom stereocenters. The molecule has 1 aliphatic rings. The van der Waals surface area contributed by atoms with Gasteiger partial charge in [-0.2, -0.15) is 5.10 Å². The second-order valence-electron chi connectivity index (χ2n) is 7.53. The summed E-state index contributed by atoms with van der Waals surface area (Å²) in [4.78, 5) is 16.8. The number of nitrogens with zero attached hydrogens (tertiary/aromatic N) is 4. The minimum atomic E-state index is -0.274. The second kappa shape index (κ2) is 6.98. The Hall–Kier alpha value is -4.13. The van der Waals surface area contributed by atoms with Gasteiger partial charge in [-0.05, 0) is 53.8 Å². The Kier molecular flexibility index (Phi) is 3.99. The van der Waals surface area contributed by atoms with Gasteiger partial charge in [-0.1, -0.05) is 18.2 Å². The first-order chi connectivity index (χ1) is 15.3. The van der Waals surface area contributed by atoms with Crippen LogP contribution in [0.4, 0.5) is 4.39 Å². The van der Waals surface area contributed by atoms with Crippen LogP contribution in [0.2, 0.25) is 0 Å². The zero-order valence-corrected chi connectivity index (χ0v) is 16.4. The van der Waals surface area contributed by atoms with E-state index in [9.17, 15) is 4.39 Å². The highest BCUT2D eigenvalue weighted by atomic mass is 19.1. The first-order valence-electron chi connectivity index (χ1n) is 10.1. The molecule has 7 heteroatoms. The monoisotopic (exact) mass is 408 g/mol. The van der Waals surface area contributed by atoms with E-state index in [1.54, 1.807) is 24.5 Å². The van der Waals surface area contributed by atoms with Crippen LogP contribution in [-0.4, -0.2) is 31.4 Å². The van der Waals surface area contributed by atoms with E-state index in [-0.39, 0.29) is 5.82 Å². The van der Waals surface area contributed by atoms with Crippen molar-refractivity contribution in [3.8, 4) is 22.6 Å². The molecule has 0 spiro atoms. The summed E-state index contributed by atoms with van der Waals surface area (Å²) in [5, 5.41) is 8.61. The lowest BCUT2D eigenvalue weighted by Gasteiger charge is -2.08. The third-order valence-corrected chi connectivity index (χ3v) is 5.59. The van der Waals surface area contributed by atoms with Crippen molar-refractivity contribution in [2.24, 2.45) is 4.99 Å². The van der Waals surface area contributed by atoms with Gasteiger partial charge in [0.2, 0.25) is 0 Å². The number of halogens is 1. The van der Waals surface area contributed by atoms with Gasteiger partial charge in [0.05, 0.1) is 22.7 Å².